The molecule has 1 aliphatic carbocycles. The van der Waals surface area contributed by atoms with Crippen molar-refractivity contribution in [3.05, 3.63) is 52.3 Å². The predicted octanol–water partition coefficient (Wildman–Crippen LogP) is 5.61. The Kier molecular flexibility index (Phi) is 8.91. The van der Waals surface area contributed by atoms with Crippen LogP contribution in [0.5, 0.6) is 5.75 Å². The maximum Gasteiger partial charge on any atom is 0.423 e. The van der Waals surface area contributed by atoms with Crippen LogP contribution >= 0.6 is 12.2 Å². The van der Waals surface area contributed by atoms with Crippen LogP contribution in [-0.4, -0.2) is 63.8 Å². The molecule has 1 aliphatic heterocycles. The molecule has 0 amide bonds. The highest BCUT2D eigenvalue weighted by atomic mass is 32.1. The first-order valence-corrected chi connectivity index (χ1v) is 13.8. The van der Waals surface area contributed by atoms with Crippen molar-refractivity contribution < 1.29 is 22.8 Å². The number of rotatable bonds is 6. The van der Waals surface area contributed by atoms with E-state index in [1.165, 1.54) is 6.07 Å². The van der Waals surface area contributed by atoms with Crippen LogP contribution in [0.1, 0.15) is 52.0 Å². The van der Waals surface area contributed by atoms with Gasteiger partial charge >= 0.3 is 6.18 Å². The number of piperazine rings is 1. The van der Waals surface area contributed by atoms with Crippen LogP contribution in [0.15, 0.2) is 36.7 Å². The minimum Gasteiger partial charge on any atom is -0.489 e. The molecule has 218 valence electrons. The van der Waals surface area contributed by atoms with Gasteiger partial charge in [-0.1, -0.05) is 0 Å². The second kappa shape index (κ2) is 12.0. The maximum atomic E-state index is 13.3. The number of nitrogens with zero attached hydrogens (tertiary/aromatic N) is 4. The van der Waals surface area contributed by atoms with Gasteiger partial charge in [0.05, 0.1) is 29.1 Å². The standard InChI is InChI=1S/C27H35F3N6O3S/c1-26(2,3)33-25(40)35-12-10-34(11-13-35)20-15-22(17-31-16-20)39-21-7-4-18(5-8-21)32-19-6-9-24(36(37)38)23(14-19)27(28,29)30/h6,9,14-18,21,32H,4-5,7-8,10-13H2,1-3H3,(H,33,40)/t18-,21-. The lowest BCUT2D eigenvalue weighted by atomic mass is 9.92. The summed E-state index contributed by atoms with van der Waals surface area (Å²) < 4.78 is 46.2. The fourth-order valence-corrected chi connectivity index (χ4v) is 5.47. The number of thiocarbonyl (C=S) groups is 1. The fraction of sp³-hybridized carbons (Fsp3) is 0.556. The first kappa shape index (κ1) is 29.6. The number of aromatic nitrogens is 1. The van der Waals surface area contributed by atoms with E-state index in [2.05, 4.69) is 46.2 Å². The molecule has 1 aromatic heterocycles. The summed E-state index contributed by atoms with van der Waals surface area (Å²) in [6, 6.07) is 4.97. The number of halogens is 3. The third kappa shape index (κ3) is 7.86. The van der Waals surface area contributed by atoms with E-state index >= 15 is 0 Å². The zero-order chi connectivity index (χ0) is 29.1. The Bertz CT molecular complexity index is 1210. The highest BCUT2D eigenvalue weighted by Gasteiger charge is 2.38. The Hall–Kier alpha value is -3.35. The number of pyridine rings is 1. The van der Waals surface area contributed by atoms with Crippen LogP contribution in [0.4, 0.5) is 30.2 Å². The molecule has 13 heteroatoms. The molecule has 9 nitrogen and oxygen atoms in total. The molecule has 2 aliphatic rings. The summed E-state index contributed by atoms with van der Waals surface area (Å²) in [4.78, 5) is 18.8. The number of nitro groups is 1. The second-order valence-electron chi connectivity index (χ2n) is 11.3. The Labute approximate surface area is 237 Å². The summed E-state index contributed by atoms with van der Waals surface area (Å²) in [6.45, 7) is 9.50. The summed E-state index contributed by atoms with van der Waals surface area (Å²) in [5.74, 6) is 0.687. The third-order valence-electron chi connectivity index (χ3n) is 6.96. The largest absolute Gasteiger partial charge is 0.489 e. The van der Waals surface area contributed by atoms with Crippen LogP contribution in [0.3, 0.4) is 0 Å². The molecule has 4 rings (SSSR count). The summed E-state index contributed by atoms with van der Waals surface area (Å²) in [6.07, 6.45) is 1.51. The Morgan fingerprint density at radius 3 is 2.35 bits per heavy atom. The van der Waals surface area contributed by atoms with Crippen molar-refractivity contribution in [2.24, 2.45) is 0 Å². The zero-order valence-electron chi connectivity index (χ0n) is 22.8. The number of nitrogens with one attached hydrogen (secondary N) is 2. The molecule has 0 radical (unpaired) electrons. The van der Waals surface area contributed by atoms with E-state index < -0.39 is 22.4 Å². The Morgan fingerprint density at radius 2 is 1.75 bits per heavy atom. The molecule has 1 aromatic carbocycles. The van der Waals surface area contributed by atoms with E-state index in [9.17, 15) is 23.3 Å². The van der Waals surface area contributed by atoms with Crippen LogP contribution in [0, 0.1) is 10.1 Å². The van der Waals surface area contributed by atoms with Gasteiger partial charge in [-0.25, -0.2) is 0 Å². The smallest absolute Gasteiger partial charge is 0.423 e. The normalized spacial score (nSPS) is 20.1. The van der Waals surface area contributed by atoms with E-state index in [0.717, 1.165) is 62.0 Å². The molecule has 2 fully saturated rings. The molecule has 0 unspecified atom stereocenters. The number of hydrogen-bond donors (Lipinski definition) is 2. The van der Waals surface area contributed by atoms with E-state index in [4.69, 9.17) is 17.0 Å². The van der Waals surface area contributed by atoms with Gasteiger partial charge in [-0.15, -0.1) is 0 Å². The fourth-order valence-electron chi connectivity index (χ4n) is 4.98. The van der Waals surface area contributed by atoms with Crippen LogP contribution < -0.4 is 20.3 Å². The lowest BCUT2D eigenvalue weighted by molar-refractivity contribution is -0.388. The molecule has 1 saturated carbocycles. The van der Waals surface area contributed by atoms with E-state index in [1.54, 1.807) is 6.20 Å². The number of hydrogen-bond acceptors (Lipinski definition) is 7. The predicted molar refractivity (Wildman–Crippen MR) is 152 cm³/mol. The first-order chi connectivity index (χ1) is 18.8. The van der Waals surface area contributed by atoms with Gasteiger partial charge < -0.3 is 25.2 Å². The van der Waals surface area contributed by atoms with Crippen molar-refractivity contribution >= 4 is 34.4 Å². The number of nitro benzene ring substituents is 1. The zero-order valence-corrected chi connectivity index (χ0v) is 23.6. The molecule has 40 heavy (non-hydrogen) atoms. The van der Waals surface area contributed by atoms with Gasteiger partial charge in [0.25, 0.3) is 5.69 Å². The van der Waals surface area contributed by atoms with Gasteiger partial charge in [-0.2, -0.15) is 13.2 Å². The van der Waals surface area contributed by atoms with Crippen molar-refractivity contribution in [1.82, 2.24) is 15.2 Å². The highest BCUT2D eigenvalue weighted by molar-refractivity contribution is 7.80. The number of anilines is 2. The molecule has 2 heterocycles. The van der Waals surface area contributed by atoms with E-state index in [1.807, 2.05) is 12.3 Å². The van der Waals surface area contributed by atoms with Crippen molar-refractivity contribution in [3.8, 4) is 5.75 Å². The van der Waals surface area contributed by atoms with Gasteiger partial charge in [-0.05, 0) is 70.8 Å². The minimum absolute atomic E-state index is 0.0320. The van der Waals surface area contributed by atoms with Gasteiger partial charge in [0.1, 0.15) is 11.3 Å². The van der Waals surface area contributed by atoms with Crippen molar-refractivity contribution in [2.75, 3.05) is 36.4 Å². The Balaban J connectivity index is 1.28. The van der Waals surface area contributed by atoms with Crippen molar-refractivity contribution in [2.45, 2.75) is 70.3 Å². The second-order valence-corrected chi connectivity index (χ2v) is 11.6. The maximum absolute atomic E-state index is 13.3. The number of ether oxygens (including phenoxy) is 1. The molecule has 1 saturated heterocycles. The highest BCUT2D eigenvalue weighted by Crippen LogP contribution is 2.38. The first-order valence-electron chi connectivity index (χ1n) is 13.3. The van der Waals surface area contributed by atoms with Crippen LogP contribution in [0.2, 0.25) is 0 Å². The van der Waals surface area contributed by atoms with Gasteiger partial charge in [0, 0.05) is 55.6 Å². The lowest BCUT2D eigenvalue weighted by Gasteiger charge is -2.39. The molecule has 2 aromatic rings. The number of alkyl halides is 3. The van der Waals surface area contributed by atoms with Crippen molar-refractivity contribution in [3.63, 3.8) is 0 Å². The molecule has 0 spiro atoms. The van der Waals surface area contributed by atoms with Gasteiger partial charge in [0.2, 0.25) is 0 Å². The topological polar surface area (TPSA) is 95.8 Å². The summed E-state index contributed by atoms with van der Waals surface area (Å²) >= 11 is 5.56. The summed E-state index contributed by atoms with van der Waals surface area (Å²) in [5.41, 5.74) is -1.08. The summed E-state index contributed by atoms with van der Waals surface area (Å²) in [5, 5.41) is 18.2. The molecule has 0 bridgehead atoms. The van der Waals surface area contributed by atoms with Gasteiger partial charge in [0.15, 0.2) is 5.11 Å². The SMILES string of the molecule is CC(C)(C)NC(=S)N1CCN(c2cncc(O[C@H]3CC[C@H](Nc4ccc([N+](=O)[O-])c(C(F)(F)F)c4)CC3)c2)CC1. The lowest BCUT2D eigenvalue weighted by Crippen LogP contribution is -2.55. The quantitative estimate of drug-likeness (QED) is 0.257. The van der Waals surface area contributed by atoms with Crippen LogP contribution in [-0.2, 0) is 6.18 Å². The van der Waals surface area contributed by atoms with Crippen molar-refractivity contribution in [1.29, 1.82) is 0 Å². The Morgan fingerprint density at radius 1 is 1.07 bits per heavy atom. The van der Waals surface area contributed by atoms with Gasteiger partial charge in [-0.3, -0.25) is 15.1 Å². The minimum atomic E-state index is -4.81. The monoisotopic (exact) mass is 580 g/mol. The average molecular weight is 581 g/mol. The molecular weight excluding hydrogens is 545 g/mol. The van der Waals surface area contributed by atoms with Crippen LogP contribution in [0.25, 0.3) is 0 Å². The van der Waals surface area contributed by atoms with E-state index in [0.29, 0.717) is 18.6 Å². The summed E-state index contributed by atoms with van der Waals surface area (Å²) in [7, 11) is 0. The molecule has 0 atom stereocenters. The third-order valence-corrected chi connectivity index (χ3v) is 7.32. The molecule has 2 N–H and O–H groups in total. The average Bonchev–Trinajstić information content (AvgIpc) is 2.88. The molecular formula is C27H35F3N6O3S. The van der Waals surface area contributed by atoms with E-state index in [-0.39, 0.29) is 23.4 Å². The number of benzene rings is 1.